The van der Waals surface area contributed by atoms with E-state index in [1.807, 2.05) is 12.1 Å². The number of hydrogen-bond acceptors (Lipinski definition) is 8. The summed E-state index contributed by atoms with van der Waals surface area (Å²) in [6, 6.07) is 4.97. The van der Waals surface area contributed by atoms with Crippen molar-refractivity contribution in [1.82, 2.24) is 20.2 Å². The summed E-state index contributed by atoms with van der Waals surface area (Å²) in [6.45, 7) is 3.42. The number of ether oxygens (including phenoxy) is 2. The Morgan fingerprint density at radius 2 is 1.82 bits per heavy atom. The number of halogens is 1. The van der Waals surface area contributed by atoms with Gasteiger partial charge in [0, 0.05) is 49.7 Å². The number of methoxy groups -OCH3 is 2. The minimum absolute atomic E-state index is 0.0267. The van der Waals surface area contributed by atoms with Crippen molar-refractivity contribution in [3.05, 3.63) is 12.1 Å². The number of likely N-dealkylation sites (tertiary alicyclic amines) is 1. The summed E-state index contributed by atoms with van der Waals surface area (Å²) in [6.07, 6.45) is 6.99. The van der Waals surface area contributed by atoms with Crippen LogP contribution in [-0.4, -0.2) is 79.1 Å². The van der Waals surface area contributed by atoms with Gasteiger partial charge < -0.3 is 30.3 Å². The molecule has 1 aliphatic heterocycles. The highest BCUT2D eigenvalue weighted by Gasteiger charge is 2.29. The molecule has 1 aliphatic carbocycles. The molecule has 0 bridgehead atoms. The molecule has 1 saturated carbocycles. The fraction of sp³-hybridized carbons (Fsp3) is 0.625. The van der Waals surface area contributed by atoms with Gasteiger partial charge in [-0.05, 0) is 38.2 Å². The largest absolute Gasteiger partial charge is 0.493 e. The third kappa shape index (κ3) is 5.93. The van der Waals surface area contributed by atoms with Crippen molar-refractivity contribution in [2.75, 3.05) is 56.9 Å². The summed E-state index contributed by atoms with van der Waals surface area (Å²) in [7, 11) is 3.25. The predicted octanol–water partition coefficient (Wildman–Crippen LogP) is 3.23. The second kappa shape index (κ2) is 11.8. The van der Waals surface area contributed by atoms with Gasteiger partial charge in [0.2, 0.25) is 11.9 Å². The van der Waals surface area contributed by atoms with Gasteiger partial charge >= 0.3 is 0 Å². The van der Waals surface area contributed by atoms with Crippen molar-refractivity contribution in [3.63, 3.8) is 0 Å². The number of carbonyl (C=O) groups is 1. The number of piperidine rings is 1. The molecule has 2 aliphatic rings. The molecule has 186 valence electrons. The second-order valence-electron chi connectivity index (χ2n) is 8.92. The molecule has 1 amide bonds. The molecule has 9 nitrogen and oxygen atoms in total. The molecule has 0 unspecified atom stereocenters. The number of amides is 1. The first-order valence-corrected chi connectivity index (χ1v) is 12.7. The maximum absolute atomic E-state index is 11.3. The molecule has 4 rings (SSSR count). The van der Waals surface area contributed by atoms with Gasteiger partial charge in [-0.25, -0.2) is 4.98 Å². The monoisotopic (exact) mass is 490 g/mol. The summed E-state index contributed by atoms with van der Waals surface area (Å²) in [5.74, 6) is 2.42. The van der Waals surface area contributed by atoms with Crippen LogP contribution in [0.2, 0.25) is 0 Å². The van der Waals surface area contributed by atoms with E-state index in [-0.39, 0.29) is 11.8 Å². The van der Waals surface area contributed by atoms with Crippen LogP contribution in [-0.2, 0) is 4.79 Å². The van der Waals surface area contributed by atoms with Crippen molar-refractivity contribution in [2.45, 2.75) is 50.6 Å². The summed E-state index contributed by atoms with van der Waals surface area (Å²) in [5.41, 5.74) is 0.778. The SMILES string of the molecule is COc1cc2nc(NCCCNC(=O)CCl)nc(NC3CCN(C4CCC4)CC3)c2cc1OC. The average Bonchev–Trinajstić information content (AvgIpc) is 2.82. The fourth-order valence-corrected chi connectivity index (χ4v) is 4.66. The average molecular weight is 491 g/mol. The normalized spacial score (nSPS) is 17.3. The zero-order valence-corrected chi connectivity index (χ0v) is 20.8. The van der Waals surface area contributed by atoms with Crippen LogP contribution in [0.1, 0.15) is 38.5 Å². The van der Waals surface area contributed by atoms with E-state index in [2.05, 4.69) is 20.9 Å². The lowest BCUT2D eigenvalue weighted by Gasteiger charge is -2.42. The van der Waals surface area contributed by atoms with Crippen LogP contribution in [0.4, 0.5) is 11.8 Å². The Hall–Kier alpha value is -2.52. The molecule has 2 heterocycles. The van der Waals surface area contributed by atoms with Gasteiger partial charge in [0.1, 0.15) is 11.7 Å². The lowest BCUT2D eigenvalue weighted by Crippen LogP contribution is -2.47. The Labute approximate surface area is 205 Å². The zero-order chi connectivity index (χ0) is 23.9. The first kappa shape index (κ1) is 24.6. The first-order chi connectivity index (χ1) is 16.6. The Balaban J connectivity index is 1.48. The third-order valence-corrected chi connectivity index (χ3v) is 6.99. The molecule has 1 aromatic heterocycles. The molecule has 0 radical (unpaired) electrons. The van der Waals surface area contributed by atoms with Crippen molar-refractivity contribution in [2.24, 2.45) is 0 Å². The molecule has 0 atom stereocenters. The Morgan fingerprint density at radius 3 is 2.47 bits per heavy atom. The zero-order valence-electron chi connectivity index (χ0n) is 20.0. The van der Waals surface area contributed by atoms with E-state index in [9.17, 15) is 4.79 Å². The number of alkyl halides is 1. The quantitative estimate of drug-likeness (QED) is 0.326. The van der Waals surface area contributed by atoms with E-state index in [1.165, 1.54) is 19.3 Å². The molecule has 3 N–H and O–H groups in total. The number of nitrogens with zero attached hydrogens (tertiary/aromatic N) is 3. The van der Waals surface area contributed by atoms with Crippen LogP contribution >= 0.6 is 11.6 Å². The number of benzene rings is 1. The van der Waals surface area contributed by atoms with Crippen molar-refractivity contribution >= 4 is 40.2 Å². The number of aromatic nitrogens is 2. The summed E-state index contributed by atoms with van der Waals surface area (Å²) >= 11 is 5.52. The first-order valence-electron chi connectivity index (χ1n) is 12.1. The van der Waals surface area contributed by atoms with Crippen LogP contribution in [0.3, 0.4) is 0 Å². The van der Waals surface area contributed by atoms with Gasteiger partial charge in [0.25, 0.3) is 0 Å². The molecule has 2 fully saturated rings. The van der Waals surface area contributed by atoms with Crippen LogP contribution < -0.4 is 25.4 Å². The topological polar surface area (TPSA) is 101 Å². The highest BCUT2D eigenvalue weighted by atomic mass is 35.5. The molecule has 1 aromatic carbocycles. The molecule has 34 heavy (non-hydrogen) atoms. The number of anilines is 2. The molecule has 1 saturated heterocycles. The van der Waals surface area contributed by atoms with E-state index in [0.29, 0.717) is 36.6 Å². The van der Waals surface area contributed by atoms with Crippen molar-refractivity contribution in [1.29, 1.82) is 0 Å². The van der Waals surface area contributed by atoms with Gasteiger partial charge in [0.15, 0.2) is 11.5 Å². The highest BCUT2D eigenvalue weighted by molar-refractivity contribution is 6.27. The number of rotatable bonds is 11. The van der Waals surface area contributed by atoms with E-state index in [1.54, 1.807) is 14.2 Å². The Bertz CT molecular complexity index is 979. The summed E-state index contributed by atoms with van der Waals surface area (Å²) in [4.78, 5) is 23.4. The standard InChI is InChI=1S/C24H35ClN6O3/c1-33-20-13-18-19(14-21(20)34-2)29-24(27-10-4-9-26-22(32)15-25)30-23(18)28-16-7-11-31(12-8-16)17-5-3-6-17/h13-14,16-17H,3-12,15H2,1-2H3,(H,26,32)(H2,27,28,29,30). The van der Waals surface area contributed by atoms with Gasteiger partial charge in [-0.2, -0.15) is 4.98 Å². The van der Waals surface area contributed by atoms with Gasteiger partial charge in [-0.15, -0.1) is 11.6 Å². The van der Waals surface area contributed by atoms with Gasteiger partial charge in [0.05, 0.1) is 19.7 Å². The van der Waals surface area contributed by atoms with Crippen molar-refractivity contribution < 1.29 is 14.3 Å². The van der Waals surface area contributed by atoms with Crippen LogP contribution in [0, 0.1) is 0 Å². The predicted molar refractivity (Wildman–Crippen MR) is 135 cm³/mol. The molecule has 0 spiro atoms. The number of fused-ring (bicyclic) bond motifs is 1. The Kier molecular flexibility index (Phi) is 8.50. The second-order valence-corrected chi connectivity index (χ2v) is 9.19. The fourth-order valence-electron chi connectivity index (χ4n) is 4.56. The third-order valence-electron chi connectivity index (χ3n) is 6.74. The Morgan fingerprint density at radius 1 is 1.09 bits per heavy atom. The van der Waals surface area contributed by atoms with Gasteiger partial charge in [-0.3, -0.25) is 4.79 Å². The maximum atomic E-state index is 11.3. The van der Waals surface area contributed by atoms with E-state index in [0.717, 1.165) is 55.1 Å². The lowest BCUT2D eigenvalue weighted by atomic mass is 9.89. The number of hydrogen-bond donors (Lipinski definition) is 3. The minimum Gasteiger partial charge on any atom is -0.493 e. The van der Waals surface area contributed by atoms with Crippen molar-refractivity contribution in [3.8, 4) is 11.5 Å². The number of carbonyl (C=O) groups excluding carboxylic acids is 1. The van der Waals surface area contributed by atoms with E-state index >= 15 is 0 Å². The maximum Gasteiger partial charge on any atom is 0.234 e. The lowest BCUT2D eigenvalue weighted by molar-refractivity contribution is -0.118. The molecule has 10 heteroatoms. The van der Waals surface area contributed by atoms with Crippen LogP contribution in [0.5, 0.6) is 11.5 Å². The van der Waals surface area contributed by atoms with Crippen LogP contribution in [0.15, 0.2) is 12.1 Å². The summed E-state index contributed by atoms with van der Waals surface area (Å²) < 4.78 is 11.0. The van der Waals surface area contributed by atoms with Gasteiger partial charge in [-0.1, -0.05) is 6.42 Å². The van der Waals surface area contributed by atoms with E-state index in [4.69, 9.17) is 31.0 Å². The summed E-state index contributed by atoms with van der Waals surface area (Å²) in [5, 5.41) is 10.6. The number of nitrogens with one attached hydrogen (secondary N) is 3. The van der Waals surface area contributed by atoms with Crippen LogP contribution in [0.25, 0.3) is 10.9 Å². The molecular weight excluding hydrogens is 456 g/mol. The molecular formula is C24H35ClN6O3. The highest BCUT2D eigenvalue weighted by Crippen LogP contribution is 2.35. The van der Waals surface area contributed by atoms with E-state index < -0.39 is 0 Å². The molecule has 2 aromatic rings. The smallest absolute Gasteiger partial charge is 0.234 e. The minimum atomic E-state index is -0.167.